The van der Waals surface area contributed by atoms with Crippen LogP contribution in [0.5, 0.6) is 0 Å². The monoisotopic (exact) mass is 397 g/mol. The molecule has 0 spiro atoms. The molecule has 1 fully saturated rings. The van der Waals surface area contributed by atoms with Gasteiger partial charge in [0.2, 0.25) is 5.89 Å². The molecule has 6 nitrogen and oxygen atoms in total. The van der Waals surface area contributed by atoms with Gasteiger partial charge in [-0.25, -0.2) is 9.78 Å². The van der Waals surface area contributed by atoms with Crippen molar-refractivity contribution in [1.29, 1.82) is 0 Å². The molecule has 9 heteroatoms. The molecule has 3 rings (SSSR count). The third-order valence-electron chi connectivity index (χ3n) is 4.62. The first-order chi connectivity index (χ1) is 13.3. The Hall–Kier alpha value is -2.55. The number of aryl methyl sites for hydroxylation is 1. The molecular formula is C19H22F3N3O3. The number of carbonyl (C=O) groups excluding carboxylic acids is 1. The van der Waals surface area contributed by atoms with Crippen molar-refractivity contribution >= 4 is 6.09 Å². The smallest absolute Gasteiger partial charge is 0.416 e. The number of hydrogen-bond acceptors (Lipinski definition) is 5. The van der Waals surface area contributed by atoms with Gasteiger partial charge in [-0.15, -0.1) is 0 Å². The molecule has 1 saturated heterocycles. The highest BCUT2D eigenvalue weighted by Crippen LogP contribution is 2.31. The number of aromatic nitrogens is 1. The van der Waals surface area contributed by atoms with Crippen molar-refractivity contribution in [2.75, 3.05) is 32.8 Å². The summed E-state index contributed by atoms with van der Waals surface area (Å²) in [6.45, 7) is 6.96. The van der Waals surface area contributed by atoms with Crippen molar-refractivity contribution in [1.82, 2.24) is 14.8 Å². The summed E-state index contributed by atoms with van der Waals surface area (Å²) in [5, 5.41) is 0. The number of oxazole rings is 1. The van der Waals surface area contributed by atoms with E-state index >= 15 is 0 Å². The summed E-state index contributed by atoms with van der Waals surface area (Å²) < 4.78 is 48.7. The highest BCUT2D eigenvalue weighted by molar-refractivity contribution is 5.67. The molecule has 0 atom stereocenters. The third kappa shape index (κ3) is 4.64. The number of rotatable bonds is 4. The minimum absolute atomic E-state index is 0.298. The number of piperazine rings is 1. The van der Waals surface area contributed by atoms with Gasteiger partial charge in [0, 0.05) is 38.3 Å². The number of ether oxygens (including phenoxy) is 1. The van der Waals surface area contributed by atoms with Crippen LogP contribution in [0.1, 0.15) is 23.9 Å². The maximum Gasteiger partial charge on any atom is 0.416 e. The Bertz CT molecular complexity index is 810. The van der Waals surface area contributed by atoms with Crippen LogP contribution in [0.2, 0.25) is 0 Å². The standard InChI is InChI=1S/C19H22F3N3O3/c1-3-27-18(26)25-10-8-24(9-11-25)12-16-13(2)28-17(23-16)14-4-6-15(7-5-14)19(20,21)22/h4-7H,3,8-12H2,1-2H3. The third-order valence-corrected chi connectivity index (χ3v) is 4.62. The van der Waals surface area contributed by atoms with Gasteiger partial charge in [-0.2, -0.15) is 13.2 Å². The summed E-state index contributed by atoms with van der Waals surface area (Å²) in [5.74, 6) is 0.925. The van der Waals surface area contributed by atoms with Gasteiger partial charge in [-0.05, 0) is 38.1 Å². The van der Waals surface area contributed by atoms with Gasteiger partial charge in [0.15, 0.2) is 0 Å². The van der Waals surface area contributed by atoms with E-state index in [0.717, 1.165) is 17.8 Å². The predicted octanol–water partition coefficient (Wildman–Crippen LogP) is 3.94. The van der Waals surface area contributed by atoms with Gasteiger partial charge < -0.3 is 14.1 Å². The van der Waals surface area contributed by atoms with Crippen molar-refractivity contribution in [3.63, 3.8) is 0 Å². The van der Waals surface area contributed by atoms with Crippen molar-refractivity contribution in [3.05, 3.63) is 41.3 Å². The number of hydrogen-bond donors (Lipinski definition) is 0. The topological polar surface area (TPSA) is 58.8 Å². The quantitative estimate of drug-likeness (QED) is 0.782. The van der Waals surface area contributed by atoms with Gasteiger partial charge in [-0.1, -0.05) is 0 Å². The zero-order valence-electron chi connectivity index (χ0n) is 15.8. The van der Waals surface area contributed by atoms with Crippen LogP contribution in [0, 0.1) is 6.92 Å². The molecule has 2 heterocycles. The zero-order chi connectivity index (χ0) is 20.3. The maximum atomic E-state index is 12.7. The number of amides is 1. The van der Waals surface area contributed by atoms with E-state index in [1.807, 2.05) is 0 Å². The lowest BCUT2D eigenvalue weighted by molar-refractivity contribution is -0.137. The first-order valence-electron chi connectivity index (χ1n) is 9.06. The fourth-order valence-corrected chi connectivity index (χ4v) is 3.02. The van der Waals surface area contributed by atoms with E-state index < -0.39 is 11.7 Å². The van der Waals surface area contributed by atoms with Crippen LogP contribution in [-0.2, 0) is 17.5 Å². The lowest BCUT2D eigenvalue weighted by atomic mass is 10.1. The first-order valence-corrected chi connectivity index (χ1v) is 9.06. The summed E-state index contributed by atoms with van der Waals surface area (Å²) >= 11 is 0. The molecule has 1 aromatic heterocycles. The highest BCUT2D eigenvalue weighted by atomic mass is 19.4. The lowest BCUT2D eigenvalue weighted by Crippen LogP contribution is -2.48. The molecule has 28 heavy (non-hydrogen) atoms. The van der Waals surface area contributed by atoms with Crippen LogP contribution in [-0.4, -0.2) is 53.7 Å². The summed E-state index contributed by atoms with van der Waals surface area (Å²) in [5.41, 5.74) is 0.521. The van der Waals surface area contributed by atoms with Gasteiger partial charge in [0.25, 0.3) is 0 Å². The van der Waals surface area contributed by atoms with E-state index in [9.17, 15) is 18.0 Å². The van der Waals surface area contributed by atoms with Crippen LogP contribution in [0.15, 0.2) is 28.7 Å². The molecule has 1 aromatic carbocycles. The van der Waals surface area contributed by atoms with E-state index in [1.165, 1.54) is 12.1 Å². The average Bonchev–Trinajstić information content (AvgIpc) is 3.02. The molecule has 0 saturated carbocycles. The van der Waals surface area contributed by atoms with Gasteiger partial charge >= 0.3 is 12.3 Å². The zero-order valence-corrected chi connectivity index (χ0v) is 15.8. The van der Waals surface area contributed by atoms with Gasteiger partial charge in [0.1, 0.15) is 5.76 Å². The van der Waals surface area contributed by atoms with Crippen molar-refractivity contribution < 1.29 is 27.1 Å². The SMILES string of the molecule is CCOC(=O)N1CCN(Cc2nc(-c3ccc(C(F)(F)F)cc3)oc2C)CC1. The largest absolute Gasteiger partial charge is 0.450 e. The summed E-state index contributed by atoms with van der Waals surface area (Å²) in [7, 11) is 0. The van der Waals surface area contributed by atoms with Gasteiger partial charge in [-0.3, -0.25) is 4.90 Å². The van der Waals surface area contributed by atoms with E-state index in [1.54, 1.807) is 18.7 Å². The Morgan fingerprint density at radius 1 is 1.18 bits per heavy atom. The summed E-state index contributed by atoms with van der Waals surface area (Å²) in [6.07, 6.45) is -4.67. The second-order valence-electron chi connectivity index (χ2n) is 6.56. The van der Waals surface area contributed by atoms with Crippen LogP contribution >= 0.6 is 0 Å². The molecule has 0 bridgehead atoms. The number of alkyl halides is 3. The second kappa shape index (κ2) is 8.22. The predicted molar refractivity (Wildman–Crippen MR) is 95.6 cm³/mol. The minimum atomic E-state index is -4.37. The number of nitrogens with zero attached hydrogens (tertiary/aromatic N) is 3. The molecule has 0 N–H and O–H groups in total. The molecule has 0 radical (unpaired) electrons. The lowest BCUT2D eigenvalue weighted by Gasteiger charge is -2.33. The van der Waals surface area contributed by atoms with Crippen LogP contribution in [0.3, 0.4) is 0 Å². The van der Waals surface area contributed by atoms with Crippen LogP contribution in [0.25, 0.3) is 11.5 Å². The van der Waals surface area contributed by atoms with Crippen LogP contribution < -0.4 is 0 Å². The number of carbonyl (C=O) groups is 1. The van der Waals surface area contributed by atoms with E-state index in [-0.39, 0.29) is 6.09 Å². The molecule has 0 unspecified atom stereocenters. The normalized spacial score (nSPS) is 15.7. The van der Waals surface area contributed by atoms with Crippen LogP contribution in [0.4, 0.5) is 18.0 Å². The molecule has 1 aliphatic rings. The van der Waals surface area contributed by atoms with Crippen molar-refractivity contribution in [3.8, 4) is 11.5 Å². The Morgan fingerprint density at radius 3 is 2.39 bits per heavy atom. The van der Waals surface area contributed by atoms with Gasteiger partial charge in [0.05, 0.1) is 17.9 Å². The fraction of sp³-hybridized carbons (Fsp3) is 0.474. The number of benzene rings is 1. The van der Waals surface area contributed by atoms with E-state index in [4.69, 9.17) is 9.15 Å². The molecule has 1 aliphatic heterocycles. The van der Waals surface area contributed by atoms with Crippen molar-refractivity contribution in [2.24, 2.45) is 0 Å². The van der Waals surface area contributed by atoms with Crippen molar-refractivity contribution in [2.45, 2.75) is 26.6 Å². The molecule has 0 aliphatic carbocycles. The Kier molecular flexibility index (Phi) is 5.93. The second-order valence-corrected chi connectivity index (χ2v) is 6.56. The first kappa shape index (κ1) is 20.2. The highest BCUT2D eigenvalue weighted by Gasteiger charge is 2.30. The summed E-state index contributed by atoms with van der Waals surface area (Å²) in [4.78, 5) is 20.0. The summed E-state index contributed by atoms with van der Waals surface area (Å²) in [6, 6.07) is 4.75. The Morgan fingerprint density at radius 2 is 1.82 bits per heavy atom. The minimum Gasteiger partial charge on any atom is -0.450 e. The number of halogens is 3. The molecule has 2 aromatic rings. The Labute approximate surface area is 160 Å². The van der Waals surface area contributed by atoms with E-state index in [0.29, 0.717) is 56.5 Å². The average molecular weight is 397 g/mol. The fourth-order valence-electron chi connectivity index (χ4n) is 3.02. The molecule has 152 valence electrons. The molecular weight excluding hydrogens is 375 g/mol. The molecule has 1 amide bonds. The van der Waals surface area contributed by atoms with E-state index in [2.05, 4.69) is 9.88 Å². The maximum absolute atomic E-state index is 12.7. The Balaban J connectivity index is 1.63.